The molecule has 15 heavy (non-hydrogen) atoms. The highest BCUT2D eigenvalue weighted by atomic mass is 35.5. The van der Waals surface area contributed by atoms with Crippen LogP contribution < -0.4 is 15.4 Å². The highest BCUT2D eigenvalue weighted by Crippen LogP contribution is 2.23. The molecule has 2 N–H and O–H groups in total. The summed E-state index contributed by atoms with van der Waals surface area (Å²) in [5.41, 5.74) is 2.49. The third-order valence-corrected chi connectivity index (χ3v) is 2.25. The van der Waals surface area contributed by atoms with Crippen molar-refractivity contribution < 1.29 is 4.74 Å². The Hall–Kier alpha value is -0.640. The zero-order valence-electron chi connectivity index (χ0n) is 8.58. The molecule has 1 aromatic carbocycles. The van der Waals surface area contributed by atoms with Crippen molar-refractivity contribution >= 4 is 30.5 Å². The van der Waals surface area contributed by atoms with E-state index < -0.39 is 0 Å². The van der Waals surface area contributed by atoms with Gasteiger partial charge in [0.05, 0.1) is 7.11 Å². The fourth-order valence-corrected chi connectivity index (χ4v) is 1.51. The number of hydrogen-bond acceptors (Lipinski definition) is 3. The second-order valence-electron chi connectivity index (χ2n) is 3.13. The molecule has 0 unspecified atom stereocenters. The maximum atomic E-state index is 5.16. The van der Waals surface area contributed by atoms with Gasteiger partial charge in [-0.25, -0.2) is 0 Å². The summed E-state index contributed by atoms with van der Waals surface area (Å²) in [5.74, 6) is 0.910. The van der Waals surface area contributed by atoms with Crippen molar-refractivity contribution in [3.63, 3.8) is 0 Å². The van der Waals surface area contributed by atoms with E-state index in [1.807, 2.05) is 12.1 Å². The summed E-state index contributed by atoms with van der Waals surface area (Å²) in [6, 6.07) is 6.13. The van der Waals surface area contributed by atoms with Crippen LogP contribution in [0.1, 0.15) is 5.56 Å². The molecule has 3 nitrogen and oxygen atoms in total. The van der Waals surface area contributed by atoms with Gasteiger partial charge in [0.1, 0.15) is 5.75 Å². The van der Waals surface area contributed by atoms with Gasteiger partial charge in [-0.3, -0.25) is 0 Å². The van der Waals surface area contributed by atoms with Gasteiger partial charge in [-0.05, 0) is 11.6 Å². The van der Waals surface area contributed by atoms with Crippen LogP contribution in [0.2, 0.25) is 0 Å². The van der Waals surface area contributed by atoms with Gasteiger partial charge in [0, 0.05) is 31.4 Å². The topological polar surface area (TPSA) is 33.3 Å². The number of nitrogens with one attached hydrogen (secondary N) is 2. The lowest BCUT2D eigenvalue weighted by Crippen LogP contribution is -2.16. The maximum Gasteiger partial charge on any atom is 0.120 e. The Balaban J connectivity index is 0.000000980. The minimum atomic E-state index is 0. The average Bonchev–Trinajstić information content (AvgIpc) is 2.41. The first-order valence-electron chi connectivity index (χ1n) is 4.51. The monoisotopic (exact) mass is 250 g/mol. The Labute approximate surface area is 102 Å². The van der Waals surface area contributed by atoms with Gasteiger partial charge in [0.15, 0.2) is 0 Å². The lowest BCUT2D eigenvalue weighted by atomic mass is 10.1. The van der Waals surface area contributed by atoms with E-state index in [0.29, 0.717) is 0 Å². The molecule has 1 aliphatic heterocycles. The molecule has 0 atom stereocenters. The largest absolute Gasteiger partial charge is 0.497 e. The number of halogens is 2. The minimum Gasteiger partial charge on any atom is -0.497 e. The third-order valence-electron chi connectivity index (χ3n) is 2.25. The molecule has 1 aromatic rings. The minimum absolute atomic E-state index is 0. The van der Waals surface area contributed by atoms with Crippen LogP contribution >= 0.6 is 24.8 Å². The van der Waals surface area contributed by atoms with Crippen LogP contribution in [0.4, 0.5) is 5.69 Å². The number of hydrogen-bond donors (Lipinski definition) is 2. The quantitative estimate of drug-likeness (QED) is 0.801. The predicted molar refractivity (Wildman–Crippen MR) is 67.7 cm³/mol. The number of ether oxygens (including phenoxy) is 1. The lowest BCUT2D eigenvalue weighted by Gasteiger charge is -2.08. The van der Waals surface area contributed by atoms with Crippen LogP contribution in [0.5, 0.6) is 5.75 Å². The molecule has 0 aliphatic carbocycles. The molecule has 0 radical (unpaired) electrons. The molecule has 0 fully saturated rings. The van der Waals surface area contributed by atoms with E-state index in [1.54, 1.807) is 7.11 Å². The Morgan fingerprint density at radius 3 is 2.73 bits per heavy atom. The first-order chi connectivity index (χ1) is 6.40. The van der Waals surface area contributed by atoms with Crippen LogP contribution in [0.25, 0.3) is 0 Å². The molecule has 0 amide bonds. The highest BCUT2D eigenvalue weighted by Gasteiger charge is 2.06. The summed E-state index contributed by atoms with van der Waals surface area (Å²) in [4.78, 5) is 0. The van der Waals surface area contributed by atoms with Gasteiger partial charge in [0.25, 0.3) is 0 Å². The van der Waals surface area contributed by atoms with Crippen molar-refractivity contribution in [1.82, 2.24) is 5.32 Å². The SMILES string of the molecule is COc1ccc2c(c1)NCCNC2.Cl.Cl. The van der Waals surface area contributed by atoms with Gasteiger partial charge in [-0.1, -0.05) is 6.07 Å². The van der Waals surface area contributed by atoms with E-state index in [9.17, 15) is 0 Å². The fraction of sp³-hybridized carbons (Fsp3) is 0.400. The second kappa shape index (κ2) is 6.77. The number of fused-ring (bicyclic) bond motifs is 1. The van der Waals surface area contributed by atoms with Crippen molar-refractivity contribution in [2.24, 2.45) is 0 Å². The van der Waals surface area contributed by atoms with Gasteiger partial charge < -0.3 is 15.4 Å². The van der Waals surface area contributed by atoms with Gasteiger partial charge >= 0.3 is 0 Å². The summed E-state index contributed by atoms with van der Waals surface area (Å²) in [6.45, 7) is 2.92. The summed E-state index contributed by atoms with van der Waals surface area (Å²) in [6.07, 6.45) is 0. The van der Waals surface area contributed by atoms with Crippen LogP contribution in [-0.4, -0.2) is 20.2 Å². The van der Waals surface area contributed by atoms with Crippen molar-refractivity contribution in [3.05, 3.63) is 23.8 Å². The Morgan fingerprint density at radius 2 is 2.00 bits per heavy atom. The summed E-state index contributed by atoms with van der Waals surface area (Å²) in [7, 11) is 1.69. The normalized spacial score (nSPS) is 13.4. The predicted octanol–water partition coefficient (Wildman–Crippen LogP) is 2.05. The fourth-order valence-electron chi connectivity index (χ4n) is 1.51. The molecular weight excluding hydrogens is 235 g/mol. The molecule has 1 aliphatic rings. The molecule has 5 heteroatoms. The first-order valence-corrected chi connectivity index (χ1v) is 4.51. The Morgan fingerprint density at radius 1 is 1.20 bits per heavy atom. The first kappa shape index (κ1) is 14.4. The van der Waals surface area contributed by atoms with Crippen LogP contribution in [0.3, 0.4) is 0 Å². The number of methoxy groups -OCH3 is 1. The standard InChI is InChI=1S/C10H14N2O.2ClH/c1-13-9-3-2-8-7-11-4-5-12-10(8)6-9;;/h2-3,6,11-12H,4-5,7H2,1H3;2*1H. The molecule has 1 heterocycles. The van der Waals surface area contributed by atoms with E-state index in [4.69, 9.17) is 4.74 Å². The van der Waals surface area contributed by atoms with Gasteiger partial charge in [0.2, 0.25) is 0 Å². The van der Waals surface area contributed by atoms with Crippen LogP contribution in [0.15, 0.2) is 18.2 Å². The smallest absolute Gasteiger partial charge is 0.120 e. The summed E-state index contributed by atoms with van der Waals surface area (Å²) >= 11 is 0. The van der Waals surface area contributed by atoms with Crippen LogP contribution in [-0.2, 0) is 6.54 Å². The molecule has 0 saturated heterocycles. The van der Waals surface area contributed by atoms with Crippen molar-refractivity contribution in [3.8, 4) is 5.75 Å². The molecule has 0 aromatic heterocycles. The van der Waals surface area contributed by atoms with E-state index in [-0.39, 0.29) is 24.8 Å². The zero-order valence-corrected chi connectivity index (χ0v) is 10.2. The maximum absolute atomic E-state index is 5.16. The van der Waals surface area contributed by atoms with E-state index in [0.717, 1.165) is 25.4 Å². The zero-order chi connectivity index (χ0) is 9.10. The third kappa shape index (κ3) is 3.45. The van der Waals surface area contributed by atoms with Crippen molar-refractivity contribution in [2.75, 3.05) is 25.5 Å². The molecule has 0 spiro atoms. The molecule has 0 saturated carbocycles. The number of anilines is 1. The highest BCUT2D eigenvalue weighted by molar-refractivity contribution is 5.85. The van der Waals surface area contributed by atoms with Gasteiger partial charge in [-0.15, -0.1) is 24.8 Å². The molecule has 86 valence electrons. The number of benzene rings is 1. The second-order valence-corrected chi connectivity index (χ2v) is 3.13. The molecule has 0 bridgehead atoms. The Bertz CT molecular complexity index is 307. The number of rotatable bonds is 1. The lowest BCUT2D eigenvalue weighted by molar-refractivity contribution is 0.415. The average molecular weight is 251 g/mol. The molecular formula is C10H16Cl2N2O. The van der Waals surface area contributed by atoms with E-state index in [2.05, 4.69) is 16.7 Å². The Kier molecular flexibility index (Phi) is 6.48. The summed E-state index contributed by atoms with van der Waals surface area (Å²) < 4.78 is 5.16. The van der Waals surface area contributed by atoms with Crippen molar-refractivity contribution in [2.45, 2.75) is 6.54 Å². The van der Waals surface area contributed by atoms with E-state index in [1.165, 1.54) is 11.3 Å². The summed E-state index contributed by atoms with van der Waals surface area (Å²) in [5, 5.41) is 6.69. The molecule has 2 rings (SSSR count). The van der Waals surface area contributed by atoms with Crippen molar-refractivity contribution in [1.29, 1.82) is 0 Å². The van der Waals surface area contributed by atoms with Gasteiger partial charge in [-0.2, -0.15) is 0 Å². The van der Waals surface area contributed by atoms with E-state index >= 15 is 0 Å². The van der Waals surface area contributed by atoms with Crippen LogP contribution in [0, 0.1) is 0 Å².